The summed E-state index contributed by atoms with van der Waals surface area (Å²) in [4.78, 5) is 35.4. The number of nitrogen functional groups attached to an aromatic ring is 1. The summed E-state index contributed by atoms with van der Waals surface area (Å²) in [6.07, 6.45) is -6.70. The molecule has 0 aliphatic carbocycles. The van der Waals surface area contributed by atoms with E-state index in [1.54, 1.807) is 36.4 Å². The van der Waals surface area contributed by atoms with Crippen molar-refractivity contribution >= 4 is 57.6 Å². The SMILES string of the molecule is Nc1cccc(-c2ccc(C(F)(F)F)nc2)n1.O=C(CCl)Nc1cccc(-c2ccc(C(F)(F)F)nc2)n1.O=C(Cl)CCl.[2H]CF. The number of halogens is 10. The van der Waals surface area contributed by atoms with Crippen LogP contribution in [-0.4, -0.2) is 50.0 Å². The van der Waals surface area contributed by atoms with Gasteiger partial charge in [0.2, 0.25) is 11.1 Å². The van der Waals surface area contributed by atoms with Gasteiger partial charge in [-0.25, -0.2) is 9.97 Å². The maximum Gasteiger partial charge on any atom is 0.433 e. The first-order chi connectivity index (χ1) is 21.5. The molecule has 0 aliphatic heterocycles. The molecule has 1 amide bonds. The molecule has 0 aliphatic rings. The number of nitrogens with one attached hydrogen (secondary N) is 1. The van der Waals surface area contributed by atoms with Crippen LogP contribution in [0.4, 0.5) is 42.4 Å². The highest BCUT2D eigenvalue weighted by atomic mass is 35.5. The topological polar surface area (TPSA) is 124 Å². The van der Waals surface area contributed by atoms with Gasteiger partial charge in [-0.3, -0.25) is 23.9 Å². The molecular formula is C27H22Cl3F7N6O2. The summed E-state index contributed by atoms with van der Waals surface area (Å²) in [5.41, 5.74) is 5.37. The van der Waals surface area contributed by atoms with E-state index in [1.165, 1.54) is 12.1 Å². The second-order valence-electron chi connectivity index (χ2n) is 7.89. The molecule has 4 aromatic heterocycles. The molecule has 18 heteroatoms. The smallest absolute Gasteiger partial charge is 0.384 e. The first-order valence-electron chi connectivity index (χ1n) is 12.5. The van der Waals surface area contributed by atoms with E-state index in [2.05, 4.69) is 25.3 Å². The fourth-order valence-electron chi connectivity index (χ4n) is 2.88. The van der Waals surface area contributed by atoms with Crippen molar-refractivity contribution in [2.24, 2.45) is 0 Å². The quantitative estimate of drug-likeness (QED) is 0.124. The number of aromatic nitrogens is 4. The predicted octanol–water partition coefficient (Wildman–Crippen LogP) is 7.66. The Morgan fingerprint density at radius 2 is 1.24 bits per heavy atom. The van der Waals surface area contributed by atoms with Gasteiger partial charge in [-0.1, -0.05) is 12.1 Å². The fourth-order valence-corrected chi connectivity index (χ4v) is 2.95. The number of alkyl halides is 9. The third-order valence-corrected chi connectivity index (χ3v) is 5.47. The van der Waals surface area contributed by atoms with E-state index in [0.717, 1.165) is 24.5 Å². The second-order valence-corrected chi connectivity index (χ2v) is 8.84. The number of amides is 1. The number of carbonyl (C=O) groups is 2. The molecule has 0 unspecified atom stereocenters. The van der Waals surface area contributed by atoms with Gasteiger partial charge in [0.1, 0.15) is 28.9 Å². The Morgan fingerprint density at radius 1 is 0.800 bits per heavy atom. The number of anilines is 2. The van der Waals surface area contributed by atoms with Gasteiger partial charge in [0, 0.05) is 23.5 Å². The van der Waals surface area contributed by atoms with Gasteiger partial charge in [0.05, 0.1) is 25.8 Å². The Hall–Kier alpha value is -4.08. The minimum absolute atomic E-state index is 0.0957. The first kappa shape index (κ1) is 37.1. The summed E-state index contributed by atoms with van der Waals surface area (Å²) in [6.45, 7) is 0. The van der Waals surface area contributed by atoms with Gasteiger partial charge >= 0.3 is 12.4 Å². The van der Waals surface area contributed by atoms with Crippen molar-refractivity contribution in [1.29, 1.82) is 0 Å². The van der Waals surface area contributed by atoms with E-state index in [0.29, 0.717) is 28.3 Å². The van der Waals surface area contributed by atoms with Crippen LogP contribution < -0.4 is 11.1 Å². The Kier molecular flexibility index (Phi) is 15.4. The Balaban J connectivity index is 0.000000378. The maximum absolute atomic E-state index is 12.4. The molecule has 45 heavy (non-hydrogen) atoms. The highest BCUT2D eigenvalue weighted by molar-refractivity contribution is 6.67. The van der Waals surface area contributed by atoms with E-state index >= 15 is 0 Å². The minimum atomic E-state index is -4.48. The van der Waals surface area contributed by atoms with Crippen LogP contribution in [0.2, 0.25) is 0 Å². The number of nitrogens with two attached hydrogens (primary N) is 1. The monoisotopic (exact) mass is 701 g/mol. The number of nitrogens with zero attached hydrogens (tertiary/aromatic N) is 4. The summed E-state index contributed by atoms with van der Waals surface area (Å²) in [5.74, 6) is -0.165. The normalized spacial score (nSPS) is 10.8. The lowest BCUT2D eigenvalue weighted by Gasteiger charge is -2.07. The Morgan fingerprint density at radius 3 is 1.60 bits per heavy atom. The highest BCUT2D eigenvalue weighted by Gasteiger charge is 2.32. The summed E-state index contributed by atoms with van der Waals surface area (Å²) >= 11 is 14.9. The fraction of sp³-hybridized carbons (Fsp3) is 0.185. The molecule has 242 valence electrons. The van der Waals surface area contributed by atoms with Crippen molar-refractivity contribution in [2.75, 3.05) is 30.0 Å². The molecule has 4 aromatic rings. The van der Waals surface area contributed by atoms with E-state index in [1.807, 2.05) is 0 Å². The lowest BCUT2D eigenvalue weighted by atomic mass is 10.2. The molecule has 3 N–H and O–H groups in total. The summed E-state index contributed by atoms with van der Waals surface area (Å²) < 4.78 is 89.7. The average Bonchev–Trinajstić information content (AvgIpc) is 3.01. The zero-order valence-corrected chi connectivity index (χ0v) is 24.8. The molecule has 0 radical (unpaired) electrons. The standard InChI is InChI=1S/C13H9ClF3N3O.C11H8F3N3.C2H2Cl2O.CH3F/c14-6-12(21)20-11-3-1-2-9(19-11)8-4-5-10(18-7-8)13(15,16)17;12-11(13,14)9-5-4-7(6-16-9)8-2-1-3-10(15)17-8;3-1-2(4)5;1-2/h1-5,7H,6H2,(H,19,20,21);1-6H,(H2,15,17);1H2;1H3/i;;;1D. The van der Waals surface area contributed by atoms with Crippen LogP contribution in [0.1, 0.15) is 12.8 Å². The van der Waals surface area contributed by atoms with Crippen LogP contribution in [0.3, 0.4) is 0 Å². The van der Waals surface area contributed by atoms with Gasteiger partial charge in [-0.15, -0.1) is 23.2 Å². The van der Waals surface area contributed by atoms with Crippen molar-refractivity contribution in [3.8, 4) is 22.5 Å². The first-order valence-corrected chi connectivity index (χ1v) is 13.2. The Labute approximate surface area is 268 Å². The molecule has 0 spiro atoms. The molecule has 0 aromatic carbocycles. The summed E-state index contributed by atoms with van der Waals surface area (Å²) in [5, 5.41) is 1.95. The van der Waals surface area contributed by atoms with Crippen molar-refractivity contribution in [2.45, 2.75) is 12.4 Å². The number of rotatable bonds is 5. The molecular weight excluding hydrogens is 680 g/mol. The van der Waals surface area contributed by atoms with Gasteiger partial charge in [0.15, 0.2) is 0 Å². The van der Waals surface area contributed by atoms with Crippen molar-refractivity contribution in [3.63, 3.8) is 0 Å². The third-order valence-electron chi connectivity index (χ3n) is 4.71. The molecule has 0 bridgehead atoms. The van der Waals surface area contributed by atoms with E-state index in [9.17, 15) is 40.3 Å². The predicted molar refractivity (Wildman–Crippen MR) is 157 cm³/mol. The largest absolute Gasteiger partial charge is 0.433 e. The second kappa shape index (κ2) is 18.7. The van der Waals surface area contributed by atoms with Crippen molar-refractivity contribution in [3.05, 3.63) is 84.4 Å². The van der Waals surface area contributed by atoms with Crippen LogP contribution in [0.15, 0.2) is 73.1 Å². The van der Waals surface area contributed by atoms with Crippen LogP contribution in [-0.2, 0) is 21.9 Å². The van der Waals surface area contributed by atoms with Crippen LogP contribution in [0.5, 0.6) is 0 Å². The lowest BCUT2D eigenvalue weighted by molar-refractivity contribution is -0.141. The summed E-state index contributed by atoms with van der Waals surface area (Å²) in [7, 11) is -1.00. The lowest BCUT2D eigenvalue weighted by Crippen LogP contribution is -2.13. The maximum atomic E-state index is 12.4. The third kappa shape index (κ3) is 14.0. The average molecular weight is 703 g/mol. The van der Waals surface area contributed by atoms with Gasteiger partial charge < -0.3 is 11.1 Å². The molecule has 4 heterocycles. The van der Waals surface area contributed by atoms with E-state index in [-0.39, 0.29) is 17.6 Å². The highest BCUT2D eigenvalue weighted by Crippen LogP contribution is 2.29. The van der Waals surface area contributed by atoms with Crippen molar-refractivity contribution < 1.29 is 41.7 Å². The Bertz CT molecular complexity index is 1530. The summed E-state index contributed by atoms with van der Waals surface area (Å²) in [6, 6.07) is 14.1. The number of carbonyl (C=O) groups excluding carboxylic acids is 2. The van der Waals surface area contributed by atoms with Crippen LogP contribution in [0.25, 0.3) is 22.5 Å². The minimum Gasteiger partial charge on any atom is -0.384 e. The van der Waals surface area contributed by atoms with Gasteiger partial charge in [-0.05, 0) is 60.1 Å². The van der Waals surface area contributed by atoms with E-state index in [4.69, 9.17) is 41.9 Å². The molecule has 0 saturated heterocycles. The number of hydrogen-bond acceptors (Lipinski definition) is 7. The zero-order chi connectivity index (χ0) is 34.9. The van der Waals surface area contributed by atoms with Crippen molar-refractivity contribution in [1.82, 2.24) is 19.9 Å². The zero-order valence-electron chi connectivity index (χ0n) is 23.5. The van der Waals surface area contributed by atoms with Gasteiger partial charge in [0.25, 0.3) is 0 Å². The molecule has 8 nitrogen and oxygen atoms in total. The number of hydrogen-bond donors (Lipinski definition) is 2. The van der Waals surface area contributed by atoms with Crippen LogP contribution >= 0.6 is 34.8 Å². The molecule has 0 fully saturated rings. The molecule has 0 atom stereocenters. The van der Waals surface area contributed by atoms with E-state index < -0.39 is 42.0 Å². The van der Waals surface area contributed by atoms with Gasteiger partial charge in [-0.2, -0.15) is 26.3 Å². The van der Waals surface area contributed by atoms with Crippen LogP contribution in [0, 0.1) is 0 Å². The molecule has 0 saturated carbocycles. The molecule has 4 rings (SSSR count). The number of pyridine rings is 4.